The molecule has 2 fully saturated rings. The molecule has 2 saturated heterocycles. The molecule has 3 N–H and O–H groups in total. The molecule has 2 aliphatic rings. The van der Waals surface area contributed by atoms with Crippen molar-refractivity contribution in [1.82, 2.24) is 15.2 Å². The maximum atomic E-state index is 12.0. The molecule has 0 saturated carbocycles. The molecular formula is C14H20N4O. The first kappa shape index (κ1) is 12.4. The second-order valence-electron chi connectivity index (χ2n) is 5.47. The van der Waals surface area contributed by atoms with Crippen LogP contribution in [0.3, 0.4) is 0 Å². The summed E-state index contributed by atoms with van der Waals surface area (Å²) in [5, 5.41) is 3.16. The van der Waals surface area contributed by atoms with Gasteiger partial charge in [0.1, 0.15) is 0 Å². The van der Waals surface area contributed by atoms with Gasteiger partial charge in [-0.25, -0.2) is 0 Å². The van der Waals surface area contributed by atoms with E-state index in [1.165, 1.54) is 19.4 Å². The molecule has 1 aromatic heterocycles. The van der Waals surface area contributed by atoms with Crippen LogP contribution in [0.15, 0.2) is 18.3 Å². The fourth-order valence-corrected chi connectivity index (χ4v) is 3.21. The Kier molecular flexibility index (Phi) is 3.38. The quantitative estimate of drug-likeness (QED) is 0.833. The lowest BCUT2D eigenvalue weighted by Crippen LogP contribution is -2.43. The Morgan fingerprint density at radius 2 is 2.32 bits per heavy atom. The van der Waals surface area contributed by atoms with E-state index in [1.807, 2.05) is 6.07 Å². The summed E-state index contributed by atoms with van der Waals surface area (Å²) in [6.07, 6.45) is 5.48. The van der Waals surface area contributed by atoms with Crippen LogP contribution in [0.4, 0.5) is 5.69 Å². The maximum absolute atomic E-state index is 12.0. The van der Waals surface area contributed by atoms with Gasteiger partial charge in [0.05, 0.1) is 18.3 Å². The number of aromatic nitrogens is 1. The summed E-state index contributed by atoms with van der Waals surface area (Å²) in [7, 11) is 0. The highest BCUT2D eigenvalue weighted by Crippen LogP contribution is 2.27. The van der Waals surface area contributed by atoms with Crippen LogP contribution in [-0.4, -0.2) is 41.0 Å². The van der Waals surface area contributed by atoms with E-state index in [9.17, 15) is 4.79 Å². The van der Waals surface area contributed by atoms with Crippen molar-refractivity contribution in [3.8, 4) is 0 Å². The third kappa shape index (κ3) is 2.71. The molecule has 3 rings (SSSR count). The summed E-state index contributed by atoms with van der Waals surface area (Å²) in [6, 6.07) is 4.47. The fourth-order valence-electron chi connectivity index (χ4n) is 3.21. The van der Waals surface area contributed by atoms with E-state index < -0.39 is 0 Å². The summed E-state index contributed by atoms with van der Waals surface area (Å²) >= 11 is 0. The highest BCUT2D eigenvalue weighted by molar-refractivity contribution is 5.78. The summed E-state index contributed by atoms with van der Waals surface area (Å²) in [4.78, 5) is 18.7. The number of anilines is 1. The van der Waals surface area contributed by atoms with Crippen molar-refractivity contribution in [3.05, 3.63) is 24.0 Å². The number of hydrogen-bond donors (Lipinski definition) is 2. The minimum absolute atomic E-state index is 0.0658. The van der Waals surface area contributed by atoms with Crippen LogP contribution in [0.2, 0.25) is 0 Å². The Labute approximate surface area is 113 Å². The van der Waals surface area contributed by atoms with Crippen molar-refractivity contribution in [2.75, 3.05) is 18.8 Å². The molecule has 3 heterocycles. The van der Waals surface area contributed by atoms with E-state index in [2.05, 4.69) is 15.2 Å². The van der Waals surface area contributed by atoms with Gasteiger partial charge in [-0.3, -0.25) is 14.7 Å². The number of carbonyl (C=O) groups is 1. The molecule has 0 bridgehead atoms. The van der Waals surface area contributed by atoms with Gasteiger partial charge >= 0.3 is 0 Å². The van der Waals surface area contributed by atoms with Crippen LogP contribution in [0.1, 0.15) is 25.0 Å². The number of nitrogen functional groups attached to an aromatic ring is 1. The van der Waals surface area contributed by atoms with Crippen LogP contribution < -0.4 is 11.1 Å². The number of nitrogens with one attached hydrogen (secondary N) is 1. The molecule has 102 valence electrons. The lowest BCUT2D eigenvalue weighted by atomic mass is 10.1. The number of fused-ring (bicyclic) bond motifs is 1. The molecule has 1 aromatic rings. The lowest BCUT2D eigenvalue weighted by molar-refractivity contribution is -0.121. The lowest BCUT2D eigenvalue weighted by Gasteiger charge is -2.21. The molecular weight excluding hydrogens is 240 g/mol. The average Bonchev–Trinajstić information content (AvgIpc) is 2.97. The number of nitrogens with two attached hydrogens (primary N) is 1. The Bertz CT molecular complexity index is 459. The van der Waals surface area contributed by atoms with Crippen LogP contribution >= 0.6 is 0 Å². The highest BCUT2D eigenvalue weighted by atomic mass is 16.1. The topological polar surface area (TPSA) is 71.2 Å². The first-order valence-corrected chi connectivity index (χ1v) is 6.96. The van der Waals surface area contributed by atoms with Crippen LogP contribution in [0.5, 0.6) is 0 Å². The number of hydrogen-bond acceptors (Lipinski definition) is 4. The Balaban J connectivity index is 1.55. The highest BCUT2D eigenvalue weighted by Gasteiger charge is 2.37. The number of rotatable bonds is 3. The normalized spacial score (nSPS) is 26.3. The standard InChI is InChI=1S/C14H20N4O/c15-10-3-4-11(16-9-10)8-14(19)17-12-5-7-18-6-1-2-13(12)18/h3-4,9,12-13H,1-2,5-8,15H2,(H,17,19). The number of pyridine rings is 1. The molecule has 0 radical (unpaired) electrons. The molecule has 2 aliphatic heterocycles. The molecule has 19 heavy (non-hydrogen) atoms. The van der Waals surface area contributed by atoms with Gasteiger partial charge in [0.15, 0.2) is 0 Å². The zero-order chi connectivity index (χ0) is 13.2. The number of carbonyl (C=O) groups excluding carboxylic acids is 1. The minimum atomic E-state index is 0.0658. The SMILES string of the molecule is Nc1ccc(CC(=O)NC2CCN3CCCC23)nc1. The molecule has 5 nitrogen and oxygen atoms in total. The molecule has 2 atom stereocenters. The van der Waals surface area contributed by atoms with Crippen molar-refractivity contribution in [3.63, 3.8) is 0 Å². The van der Waals surface area contributed by atoms with Gasteiger partial charge in [-0.15, -0.1) is 0 Å². The van der Waals surface area contributed by atoms with Crippen LogP contribution in [0.25, 0.3) is 0 Å². The van der Waals surface area contributed by atoms with E-state index in [-0.39, 0.29) is 5.91 Å². The van der Waals surface area contributed by atoms with E-state index in [0.717, 1.165) is 18.7 Å². The van der Waals surface area contributed by atoms with Crippen molar-refractivity contribution >= 4 is 11.6 Å². The third-order valence-electron chi connectivity index (χ3n) is 4.14. The molecule has 0 aromatic carbocycles. The second-order valence-corrected chi connectivity index (χ2v) is 5.47. The summed E-state index contributed by atoms with van der Waals surface area (Å²) in [6.45, 7) is 2.31. The fraction of sp³-hybridized carbons (Fsp3) is 0.571. The van der Waals surface area contributed by atoms with E-state index >= 15 is 0 Å². The molecule has 5 heteroatoms. The van der Waals surface area contributed by atoms with Gasteiger partial charge in [-0.05, 0) is 37.9 Å². The predicted octanol–water partition coefficient (Wildman–Crippen LogP) is 0.559. The molecule has 0 aliphatic carbocycles. The van der Waals surface area contributed by atoms with Crippen molar-refractivity contribution in [1.29, 1.82) is 0 Å². The largest absolute Gasteiger partial charge is 0.397 e. The van der Waals surface area contributed by atoms with Crippen molar-refractivity contribution in [2.45, 2.75) is 37.8 Å². The van der Waals surface area contributed by atoms with E-state index in [1.54, 1.807) is 12.3 Å². The number of amides is 1. The van der Waals surface area contributed by atoms with Crippen LogP contribution in [-0.2, 0) is 11.2 Å². The smallest absolute Gasteiger partial charge is 0.226 e. The predicted molar refractivity (Wildman–Crippen MR) is 73.5 cm³/mol. The van der Waals surface area contributed by atoms with E-state index in [0.29, 0.717) is 24.2 Å². The van der Waals surface area contributed by atoms with E-state index in [4.69, 9.17) is 5.73 Å². The number of nitrogens with zero attached hydrogens (tertiary/aromatic N) is 2. The minimum Gasteiger partial charge on any atom is -0.397 e. The summed E-state index contributed by atoms with van der Waals surface area (Å²) in [5.74, 6) is 0.0658. The van der Waals surface area contributed by atoms with Gasteiger partial charge in [-0.2, -0.15) is 0 Å². The van der Waals surface area contributed by atoms with Gasteiger partial charge < -0.3 is 11.1 Å². The first-order chi connectivity index (χ1) is 9.22. The Morgan fingerprint density at radius 1 is 1.42 bits per heavy atom. The second kappa shape index (κ2) is 5.17. The molecule has 2 unspecified atom stereocenters. The Hall–Kier alpha value is -1.62. The maximum Gasteiger partial charge on any atom is 0.226 e. The zero-order valence-electron chi connectivity index (χ0n) is 11.0. The third-order valence-corrected chi connectivity index (χ3v) is 4.14. The van der Waals surface area contributed by atoms with Gasteiger partial charge in [-0.1, -0.05) is 0 Å². The molecule has 1 amide bonds. The van der Waals surface area contributed by atoms with Gasteiger partial charge in [0, 0.05) is 24.3 Å². The van der Waals surface area contributed by atoms with Gasteiger partial charge in [0.2, 0.25) is 5.91 Å². The van der Waals surface area contributed by atoms with Crippen molar-refractivity contribution in [2.24, 2.45) is 0 Å². The monoisotopic (exact) mass is 260 g/mol. The first-order valence-electron chi connectivity index (χ1n) is 6.96. The van der Waals surface area contributed by atoms with Crippen molar-refractivity contribution < 1.29 is 4.79 Å². The van der Waals surface area contributed by atoms with Gasteiger partial charge in [0.25, 0.3) is 0 Å². The summed E-state index contributed by atoms with van der Waals surface area (Å²) in [5.41, 5.74) is 6.98. The Morgan fingerprint density at radius 3 is 3.11 bits per heavy atom. The van der Waals surface area contributed by atoms with Crippen LogP contribution in [0, 0.1) is 0 Å². The zero-order valence-corrected chi connectivity index (χ0v) is 11.0. The molecule has 0 spiro atoms. The average molecular weight is 260 g/mol. The summed E-state index contributed by atoms with van der Waals surface area (Å²) < 4.78 is 0.